The van der Waals surface area contributed by atoms with Crippen LogP contribution in [0.3, 0.4) is 0 Å². The van der Waals surface area contributed by atoms with Crippen LogP contribution in [-0.2, 0) is 19.2 Å². The van der Waals surface area contributed by atoms with Crippen molar-refractivity contribution < 1.29 is 23.9 Å². The minimum atomic E-state index is -2.03. The maximum Gasteiger partial charge on any atom is 0.316 e. The fraction of sp³-hybridized carbons (Fsp3) is 0.333. The number of anilines is 2. The number of carbonyl (C=O) groups is 4. The summed E-state index contributed by atoms with van der Waals surface area (Å²) < 4.78 is 3.54. The third-order valence-corrected chi connectivity index (χ3v) is 12.6. The number of fused-ring (bicyclic) bond motifs is 5. The van der Waals surface area contributed by atoms with Crippen LogP contribution in [0, 0.1) is 24.7 Å². The number of allylic oxidation sites excluding steroid dienone is 2. The molecule has 2 aromatic rings. The van der Waals surface area contributed by atoms with Crippen LogP contribution in [0.5, 0.6) is 5.75 Å². The molecule has 1 saturated carbocycles. The van der Waals surface area contributed by atoms with Gasteiger partial charge >= 0.3 is 5.97 Å². The Morgan fingerprint density at radius 1 is 0.902 bits per heavy atom. The molecule has 3 amide bonds. The van der Waals surface area contributed by atoms with Gasteiger partial charge in [-0.15, -0.1) is 23.2 Å². The molecule has 5 atom stereocenters. The molecule has 2 aromatic carbocycles. The Balaban J connectivity index is 1.22. The molecule has 41 heavy (non-hydrogen) atoms. The third kappa shape index (κ3) is 3.79. The molecule has 2 saturated heterocycles. The molecule has 14 heteroatoms. The Bertz CT molecular complexity index is 1570. The number of esters is 1. The number of aryl methyl sites for hydroxylation is 1. The van der Waals surface area contributed by atoms with Crippen molar-refractivity contribution in [3.05, 3.63) is 63.1 Å². The van der Waals surface area contributed by atoms with Gasteiger partial charge in [-0.25, -0.2) is 4.90 Å². The Kier molecular flexibility index (Phi) is 6.91. The van der Waals surface area contributed by atoms with E-state index in [2.05, 4.69) is 0 Å². The molecular weight excluding hydrogens is 680 g/mol. The molecule has 2 aliphatic carbocycles. The number of benzene rings is 2. The Labute approximate surface area is 269 Å². The first-order valence-electron chi connectivity index (χ1n) is 12.2. The highest BCUT2D eigenvalue weighted by atomic mass is 35.5. The summed E-state index contributed by atoms with van der Waals surface area (Å²) in [7, 11) is 0. The number of alkyl halides is 4. The molecule has 7 nitrogen and oxygen atoms in total. The third-order valence-electron chi connectivity index (χ3n) is 8.11. The van der Waals surface area contributed by atoms with E-state index in [4.69, 9.17) is 85.9 Å². The van der Waals surface area contributed by atoms with Gasteiger partial charge in [-0.3, -0.25) is 19.2 Å². The maximum atomic E-state index is 13.7. The molecule has 2 bridgehead atoms. The van der Waals surface area contributed by atoms with Crippen molar-refractivity contribution in [1.82, 2.24) is 0 Å². The van der Waals surface area contributed by atoms with Crippen molar-refractivity contribution in [2.24, 2.45) is 17.8 Å². The van der Waals surface area contributed by atoms with Gasteiger partial charge in [-0.2, -0.15) is 0 Å². The SMILES string of the molecule is Cc1cc(OC(=O)[C@H]2CC(=O)N(c3cccc(Cl)c3)C2)ccc1N1C(=O)[C@@H]2[C@H](C1=O)[C@@]1(Cl)C(Cl)=C(Cl)[C@@]2(Cl)C1(Cl)Cl. The molecule has 0 N–H and O–H groups in total. The van der Waals surface area contributed by atoms with Crippen LogP contribution >= 0.6 is 81.2 Å². The molecule has 3 fully saturated rings. The predicted molar refractivity (Wildman–Crippen MR) is 159 cm³/mol. The summed E-state index contributed by atoms with van der Waals surface area (Å²) in [6.45, 7) is 1.77. The molecule has 2 aliphatic heterocycles. The van der Waals surface area contributed by atoms with Crippen LogP contribution in [0.4, 0.5) is 11.4 Å². The smallest absolute Gasteiger partial charge is 0.316 e. The first-order chi connectivity index (χ1) is 19.2. The van der Waals surface area contributed by atoms with Crippen molar-refractivity contribution in [1.29, 1.82) is 0 Å². The van der Waals surface area contributed by atoms with Gasteiger partial charge < -0.3 is 9.64 Å². The van der Waals surface area contributed by atoms with Gasteiger partial charge in [0.1, 0.15) is 15.5 Å². The highest BCUT2D eigenvalue weighted by Gasteiger charge is 2.87. The summed E-state index contributed by atoms with van der Waals surface area (Å²) in [5.74, 6) is -5.28. The second-order valence-corrected chi connectivity index (χ2v) is 14.1. The summed E-state index contributed by atoms with van der Waals surface area (Å²) in [6, 6.07) is 11.2. The molecule has 2 heterocycles. The van der Waals surface area contributed by atoms with E-state index in [1.165, 1.54) is 23.1 Å². The van der Waals surface area contributed by atoms with Gasteiger partial charge in [0, 0.05) is 23.7 Å². The largest absolute Gasteiger partial charge is 0.426 e. The minimum Gasteiger partial charge on any atom is -0.426 e. The molecule has 4 aliphatic rings. The number of halogens is 7. The van der Waals surface area contributed by atoms with Crippen LogP contribution in [0.2, 0.25) is 5.02 Å². The van der Waals surface area contributed by atoms with E-state index in [-0.39, 0.29) is 40.4 Å². The lowest BCUT2D eigenvalue weighted by atomic mass is 9.84. The second kappa shape index (κ2) is 9.65. The average Bonchev–Trinajstić information content (AvgIpc) is 3.50. The molecular formula is C27H17Cl7N2O5. The Morgan fingerprint density at radius 2 is 1.51 bits per heavy atom. The number of hydrogen-bond acceptors (Lipinski definition) is 5. The summed E-state index contributed by atoms with van der Waals surface area (Å²) in [4.78, 5) is 51.4. The first-order valence-corrected chi connectivity index (χ1v) is 14.9. The van der Waals surface area contributed by atoms with E-state index in [0.29, 0.717) is 16.3 Å². The molecule has 214 valence electrons. The van der Waals surface area contributed by atoms with Crippen molar-refractivity contribution in [2.45, 2.75) is 27.4 Å². The predicted octanol–water partition coefficient (Wildman–Crippen LogP) is 6.56. The summed E-state index contributed by atoms with van der Waals surface area (Å²) in [5, 5.41) is 0.115. The van der Waals surface area contributed by atoms with Crippen molar-refractivity contribution in [3.8, 4) is 5.75 Å². The lowest BCUT2D eigenvalue weighted by molar-refractivity contribution is -0.139. The van der Waals surface area contributed by atoms with Crippen LogP contribution in [0.25, 0.3) is 0 Å². The number of ether oxygens (including phenoxy) is 1. The number of imide groups is 1. The van der Waals surface area contributed by atoms with Crippen molar-refractivity contribution >= 4 is 116 Å². The lowest BCUT2D eigenvalue weighted by Crippen LogP contribution is -2.50. The summed E-state index contributed by atoms with van der Waals surface area (Å²) in [5.41, 5.74) is 1.25. The topological polar surface area (TPSA) is 84.0 Å². The highest BCUT2D eigenvalue weighted by Crippen LogP contribution is 2.77. The number of nitrogens with zero attached hydrogens (tertiary/aromatic N) is 2. The zero-order chi connectivity index (χ0) is 29.8. The highest BCUT2D eigenvalue weighted by molar-refractivity contribution is 6.67. The first kappa shape index (κ1) is 29.4. The van der Waals surface area contributed by atoms with Gasteiger partial charge in [-0.1, -0.05) is 64.1 Å². The van der Waals surface area contributed by atoms with Gasteiger partial charge in [0.15, 0.2) is 4.33 Å². The molecule has 0 radical (unpaired) electrons. The molecule has 0 spiro atoms. The molecule has 6 rings (SSSR count). The second-order valence-electron chi connectivity index (χ2n) is 10.3. The zero-order valence-corrected chi connectivity index (χ0v) is 26.1. The molecule has 0 aromatic heterocycles. The lowest BCUT2D eigenvalue weighted by Gasteiger charge is -2.34. The summed E-state index contributed by atoms with van der Waals surface area (Å²) in [6.07, 6.45) is -0.0237. The van der Waals surface area contributed by atoms with E-state index in [1.807, 2.05) is 0 Å². The number of carbonyl (C=O) groups excluding carboxylic acids is 4. The van der Waals surface area contributed by atoms with E-state index >= 15 is 0 Å². The van der Waals surface area contributed by atoms with E-state index in [1.54, 1.807) is 31.2 Å². The van der Waals surface area contributed by atoms with Crippen molar-refractivity contribution in [2.75, 3.05) is 16.3 Å². The van der Waals surface area contributed by atoms with Crippen LogP contribution in [0.1, 0.15) is 12.0 Å². The van der Waals surface area contributed by atoms with Crippen molar-refractivity contribution in [3.63, 3.8) is 0 Å². The fourth-order valence-electron chi connectivity index (χ4n) is 6.13. The van der Waals surface area contributed by atoms with E-state index in [0.717, 1.165) is 4.90 Å². The van der Waals surface area contributed by atoms with Gasteiger partial charge in [0.05, 0.1) is 33.5 Å². The van der Waals surface area contributed by atoms with Crippen LogP contribution < -0.4 is 14.5 Å². The van der Waals surface area contributed by atoms with Gasteiger partial charge in [0.25, 0.3) is 0 Å². The van der Waals surface area contributed by atoms with Gasteiger partial charge in [-0.05, 0) is 48.9 Å². The monoisotopic (exact) mass is 694 g/mol. The normalized spacial score (nSPS) is 31.9. The Morgan fingerprint density at radius 3 is 2.07 bits per heavy atom. The number of amides is 3. The number of rotatable bonds is 4. The van der Waals surface area contributed by atoms with E-state index in [9.17, 15) is 19.2 Å². The fourth-order valence-corrected chi connectivity index (χ4v) is 9.25. The maximum absolute atomic E-state index is 13.7. The average molecular weight is 698 g/mol. The standard InChI is InChI=1S/C27H17Cl7N2O5/c1-11-7-15(41-24(40)12-8-17(37)35(10-12)14-4-2-3-13(28)9-14)5-6-16(11)36-22(38)18-19(23(36)39)26(32)21(30)20(29)25(18,31)27(26,33)34/h2-7,9,12,18-19H,8,10H2,1H3/t12-,18-,19+,25+,26+/m0/s1. The van der Waals surface area contributed by atoms with Gasteiger partial charge in [0.2, 0.25) is 17.7 Å². The summed E-state index contributed by atoms with van der Waals surface area (Å²) >= 11 is 45.4. The van der Waals surface area contributed by atoms with Crippen LogP contribution in [-0.4, -0.2) is 44.3 Å². The number of hydrogen-bond donors (Lipinski definition) is 0. The molecule has 0 unspecified atom stereocenters. The minimum absolute atomic E-state index is 0.0237. The van der Waals surface area contributed by atoms with Crippen LogP contribution in [0.15, 0.2) is 52.5 Å². The van der Waals surface area contributed by atoms with E-state index < -0.39 is 49.6 Å². The quantitative estimate of drug-likeness (QED) is 0.157. The zero-order valence-electron chi connectivity index (χ0n) is 20.8. The Hall–Kier alpha value is -1.71.